The van der Waals surface area contributed by atoms with Gasteiger partial charge in [0.15, 0.2) is 0 Å². The van der Waals surface area contributed by atoms with Gasteiger partial charge in [0.05, 0.1) is 11.6 Å². The van der Waals surface area contributed by atoms with Crippen LogP contribution in [0, 0.1) is 6.92 Å². The first kappa shape index (κ1) is 13.3. The number of aromatic nitrogens is 2. The molecule has 0 unspecified atom stereocenters. The maximum atomic E-state index is 12.6. The average Bonchev–Trinajstić information content (AvgIpc) is 3.09. The molecule has 1 saturated heterocycles. The van der Waals surface area contributed by atoms with E-state index in [2.05, 4.69) is 21.9 Å². The second-order valence-electron chi connectivity index (χ2n) is 5.19. The molecule has 2 aromatic rings. The minimum atomic E-state index is 0.133. The van der Waals surface area contributed by atoms with Crippen LogP contribution in [0.5, 0.6) is 0 Å². The van der Waals surface area contributed by atoms with E-state index in [4.69, 9.17) is 0 Å². The second-order valence-corrected chi connectivity index (χ2v) is 5.93. The summed E-state index contributed by atoms with van der Waals surface area (Å²) in [5.41, 5.74) is 1.89. The van der Waals surface area contributed by atoms with E-state index >= 15 is 0 Å². The van der Waals surface area contributed by atoms with E-state index in [0.717, 1.165) is 30.0 Å². The Bertz CT molecular complexity index is 592. The van der Waals surface area contributed by atoms with Crippen LogP contribution in [0.3, 0.4) is 0 Å². The zero-order valence-electron chi connectivity index (χ0n) is 11.7. The van der Waals surface area contributed by atoms with Crippen molar-refractivity contribution in [3.63, 3.8) is 0 Å². The lowest BCUT2D eigenvalue weighted by molar-refractivity contribution is 0.0534. The van der Waals surface area contributed by atoms with Crippen LogP contribution in [-0.4, -0.2) is 52.4 Å². The van der Waals surface area contributed by atoms with E-state index in [1.807, 2.05) is 28.8 Å². The number of piperazine rings is 1. The van der Waals surface area contributed by atoms with Gasteiger partial charge in [-0.15, -0.1) is 0 Å². The van der Waals surface area contributed by atoms with Gasteiger partial charge >= 0.3 is 0 Å². The van der Waals surface area contributed by atoms with Gasteiger partial charge in [-0.2, -0.15) is 11.3 Å². The summed E-state index contributed by atoms with van der Waals surface area (Å²) in [6.07, 6.45) is 3.58. The quantitative estimate of drug-likeness (QED) is 0.919. The van der Waals surface area contributed by atoms with Gasteiger partial charge in [-0.25, -0.2) is 4.98 Å². The Morgan fingerprint density at radius 3 is 2.95 bits per heavy atom. The number of carbonyl (C=O) groups is 1. The van der Waals surface area contributed by atoms with Crippen molar-refractivity contribution >= 4 is 17.2 Å². The third-order valence-electron chi connectivity index (χ3n) is 3.86. The number of hydrogen-bond donors (Lipinski definition) is 1. The molecule has 0 aliphatic carbocycles. The molecule has 1 N–H and O–H groups in total. The predicted molar refractivity (Wildman–Crippen MR) is 78.9 cm³/mol. The SMILES string of the molecule is Cc1cscc1C(=O)N1CCN(C)[C@@H](c2ncc[nH]2)C1. The van der Waals surface area contributed by atoms with Crippen molar-refractivity contribution in [1.29, 1.82) is 0 Å². The first-order valence-corrected chi connectivity index (χ1v) is 7.62. The van der Waals surface area contributed by atoms with Crippen molar-refractivity contribution in [3.8, 4) is 0 Å². The minimum Gasteiger partial charge on any atom is -0.347 e. The predicted octanol–water partition coefficient (Wildman–Crippen LogP) is 1.91. The van der Waals surface area contributed by atoms with Crippen LogP contribution >= 0.6 is 11.3 Å². The maximum absolute atomic E-state index is 12.6. The number of H-pyrrole nitrogens is 1. The fourth-order valence-corrected chi connectivity index (χ4v) is 3.39. The summed E-state index contributed by atoms with van der Waals surface area (Å²) < 4.78 is 0. The molecule has 2 aromatic heterocycles. The van der Waals surface area contributed by atoms with E-state index in [1.54, 1.807) is 17.5 Å². The maximum Gasteiger partial charge on any atom is 0.255 e. The highest BCUT2D eigenvalue weighted by atomic mass is 32.1. The fourth-order valence-electron chi connectivity index (χ4n) is 2.56. The highest BCUT2D eigenvalue weighted by Gasteiger charge is 2.30. The molecule has 0 bridgehead atoms. The Morgan fingerprint density at radius 2 is 2.30 bits per heavy atom. The summed E-state index contributed by atoms with van der Waals surface area (Å²) in [4.78, 5) is 24.2. The third kappa shape index (κ3) is 2.36. The van der Waals surface area contributed by atoms with Crippen LogP contribution in [-0.2, 0) is 0 Å². The van der Waals surface area contributed by atoms with Gasteiger partial charge < -0.3 is 9.88 Å². The van der Waals surface area contributed by atoms with E-state index in [9.17, 15) is 4.79 Å². The minimum absolute atomic E-state index is 0.133. The van der Waals surface area contributed by atoms with Crippen LogP contribution < -0.4 is 0 Å². The lowest BCUT2D eigenvalue weighted by atomic mass is 10.1. The molecule has 1 aliphatic rings. The number of nitrogens with one attached hydrogen (secondary N) is 1. The van der Waals surface area contributed by atoms with Gasteiger partial charge in [-0.3, -0.25) is 9.69 Å². The lowest BCUT2D eigenvalue weighted by Gasteiger charge is -2.38. The summed E-state index contributed by atoms with van der Waals surface area (Å²) >= 11 is 1.58. The third-order valence-corrected chi connectivity index (χ3v) is 4.72. The molecular formula is C14H18N4OS. The molecule has 5 nitrogen and oxygen atoms in total. The Morgan fingerprint density at radius 1 is 1.45 bits per heavy atom. The Balaban J connectivity index is 1.79. The molecule has 1 atom stereocenters. The fraction of sp³-hybridized carbons (Fsp3) is 0.429. The average molecular weight is 290 g/mol. The summed E-state index contributed by atoms with van der Waals surface area (Å²) in [6.45, 7) is 4.30. The van der Waals surface area contributed by atoms with Gasteiger partial charge in [0.25, 0.3) is 5.91 Å². The van der Waals surface area contributed by atoms with Gasteiger partial charge in [0.2, 0.25) is 0 Å². The van der Waals surface area contributed by atoms with Gasteiger partial charge in [-0.05, 0) is 24.9 Å². The molecule has 1 amide bonds. The molecular weight excluding hydrogens is 272 g/mol. The Labute approximate surface area is 122 Å². The molecule has 0 aromatic carbocycles. The summed E-state index contributed by atoms with van der Waals surface area (Å²) in [5, 5.41) is 3.96. The monoisotopic (exact) mass is 290 g/mol. The van der Waals surface area contributed by atoms with E-state index in [0.29, 0.717) is 6.54 Å². The number of carbonyl (C=O) groups excluding carboxylic acids is 1. The van der Waals surface area contributed by atoms with Crippen molar-refractivity contribution in [2.24, 2.45) is 0 Å². The van der Waals surface area contributed by atoms with Gasteiger partial charge in [0, 0.05) is 37.4 Å². The molecule has 3 rings (SSSR count). The largest absolute Gasteiger partial charge is 0.347 e. The number of nitrogens with zero attached hydrogens (tertiary/aromatic N) is 3. The molecule has 0 radical (unpaired) electrons. The number of imidazole rings is 1. The first-order chi connectivity index (χ1) is 9.66. The van der Waals surface area contributed by atoms with E-state index < -0.39 is 0 Å². The van der Waals surface area contributed by atoms with E-state index in [-0.39, 0.29) is 11.9 Å². The van der Waals surface area contributed by atoms with Crippen molar-refractivity contribution in [3.05, 3.63) is 40.1 Å². The summed E-state index contributed by atoms with van der Waals surface area (Å²) in [7, 11) is 2.07. The molecule has 0 spiro atoms. The molecule has 20 heavy (non-hydrogen) atoms. The van der Waals surface area contributed by atoms with E-state index in [1.165, 1.54) is 0 Å². The van der Waals surface area contributed by atoms with Crippen molar-refractivity contribution in [1.82, 2.24) is 19.8 Å². The molecule has 0 saturated carbocycles. The van der Waals surface area contributed by atoms with Crippen molar-refractivity contribution in [2.75, 3.05) is 26.7 Å². The van der Waals surface area contributed by atoms with Gasteiger partial charge in [0.1, 0.15) is 5.82 Å². The molecule has 6 heteroatoms. The standard InChI is InChI=1S/C14H18N4OS/c1-10-8-20-9-11(10)14(19)18-6-5-17(2)12(7-18)13-15-3-4-16-13/h3-4,8-9,12H,5-7H2,1-2H3,(H,15,16)/t12-/m1/s1. The molecule has 1 fully saturated rings. The summed E-state index contributed by atoms with van der Waals surface area (Å²) in [5.74, 6) is 1.06. The van der Waals surface area contributed by atoms with Gasteiger partial charge in [-0.1, -0.05) is 0 Å². The number of hydrogen-bond acceptors (Lipinski definition) is 4. The second kappa shape index (κ2) is 5.38. The zero-order chi connectivity index (χ0) is 14.1. The lowest BCUT2D eigenvalue weighted by Crippen LogP contribution is -2.49. The number of aryl methyl sites for hydroxylation is 1. The highest BCUT2D eigenvalue weighted by Crippen LogP contribution is 2.24. The first-order valence-electron chi connectivity index (χ1n) is 6.68. The van der Waals surface area contributed by atoms with Crippen LogP contribution in [0.2, 0.25) is 0 Å². The Hall–Kier alpha value is -1.66. The highest BCUT2D eigenvalue weighted by molar-refractivity contribution is 7.08. The molecule has 1 aliphatic heterocycles. The number of amides is 1. The Kier molecular flexibility index (Phi) is 3.58. The smallest absolute Gasteiger partial charge is 0.255 e. The summed E-state index contributed by atoms with van der Waals surface area (Å²) in [6, 6.07) is 0.140. The van der Waals surface area contributed by atoms with Crippen LogP contribution in [0.1, 0.15) is 27.8 Å². The number of thiophene rings is 1. The zero-order valence-corrected chi connectivity index (χ0v) is 12.5. The van der Waals surface area contributed by atoms with Crippen molar-refractivity contribution < 1.29 is 4.79 Å². The van der Waals surface area contributed by atoms with Crippen molar-refractivity contribution in [2.45, 2.75) is 13.0 Å². The van der Waals surface area contributed by atoms with Crippen LogP contribution in [0.25, 0.3) is 0 Å². The van der Waals surface area contributed by atoms with Crippen LogP contribution in [0.15, 0.2) is 23.2 Å². The number of likely N-dealkylation sites (N-methyl/N-ethyl adjacent to an activating group) is 1. The normalized spacial score (nSPS) is 20.3. The van der Waals surface area contributed by atoms with Crippen LogP contribution in [0.4, 0.5) is 0 Å². The number of aromatic amines is 1. The molecule has 3 heterocycles. The number of rotatable bonds is 2. The topological polar surface area (TPSA) is 52.2 Å². The molecule has 106 valence electrons.